The largest absolute Gasteiger partial charge is 0.466 e. The molecule has 1 aliphatic rings. The van der Waals surface area contributed by atoms with Gasteiger partial charge in [-0.15, -0.1) is 0 Å². The van der Waals surface area contributed by atoms with Crippen molar-refractivity contribution in [2.24, 2.45) is 5.92 Å². The Morgan fingerprint density at radius 3 is 2.40 bits per heavy atom. The van der Waals surface area contributed by atoms with E-state index in [9.17, 15) is 18.4 Å². The number of esters is 1. The smallest absolute Gasteiger partial charge is 0.314 e. The minimum absolute atomic E-state index is 0.0435. The van der Waals surface area contributed by atoms with Gasteiger partial charge in [0.1, 0.15) is 0 Å². The summed E-state index contributed by atoms with van der Waals surface area (Å²) in [6.45, 7) is 6.01. The van der Waals surface area contributed by atoms with Gasteiger partial charge in [-0.3, -0.25) is 9.59 Å². The van der Waals surface area contributed by atoms with Gasteiger partial charge in [0.05, 0.1) is 12.5 Å². The lowest BCUT2D eigenvalue weighted by Gasteiger charge is -2.23. The van der Waals surface area contributed by atoms with Crippen molar-refractivity contribution in [2.75, 3.05) is 6.61 Å². The Morgan fingerprint density at radius 2 is 1.77 bits per heavy atom. The molecule has 0 aromatic heterocycles. The zero-order chi connectivity index (χ0) is 21.8. The van der Waals surface area contributed by atoms with E-state index in [4.69, 9.17) is 4.74 Å². The summed E-state index contributed by atoms with van der Waals surface area (Å²) in [6, 6.07) is 8.72. The first kappa shape index (κ1) is 21.7. The second kappa shape index (κ2) is 9.20. The van der Waals surface area contributed by atoms with Crippen molar-refractivity contribution >= 4 is 11.9 Å². The van der Waals surface area contributed by atoms with Crippen molar-refractivity contribution in [3.8, 4) is 0 Å². The van der Waals surface area contributed by atoms with Crippen molar-refractivity contribution in [2.45, 2.75) is 39.2 Å². The number of hydrogen-bond acceptors (Lipinski definition) is 3. The van der Waals surface area contributed by atoms with Crippen LogP contribution in [0.4, 0.5) is 8.78 Å². The first-order chi connectivity index (χ1) is 14.3. The molecule has 2 aromatic carbocycles. The molecule has 3 rings (SSSR count). The normalized spacial score (nSPS) is 18.8. The molecule has 1 aliphatic carbocycles. The fraction of sp³-hybridized carbons (Fsp3) is 0.333. The monoisotopic (exact) mass is 413 g/mol. The Hall–Kier alpha value is -3.02. The van der Waals surface area contributed by atoms with Gasteiger partial charge in [-0.1, -0.05) is 41.5 Å². The van der Waals surface area contributed by atoms with Gasteiger partial charge >= 0.3 is 5.97 Å². The summed E-state index contributed by atoms with van der Waals surface area (Å²) in [5.74, 6) is -3.50. The maximum Gasteiger partial charge on any atom is 0.314 e. The molecule has 3 atom stereocenters. The van der Waals surface area contributed by atoms with Crippen LogP contribution in [-0.4, -0.2) is 24.5 Å². The number of hydrogen-bond donors (Lipinski definition) is 1. The van der Waals surface area contributed by atoms with Crippen LogP contribution in [0.2, 0.25) is 0 Å². The molecule has 4 nitrogen and oxygen atoms in total. The van der Waals surface area contributed by atoms with Crippen LogP contribution >= 0.6 is 0 Å². The van der Waals surface area contributed by atoms with Crippen LogP contribution in [0.15, 0.2) is 48.6 Å². The molecule has 0 radical (unpaired) electrons. The van der Waals surface area contributed by atoms with E-state index in [0.717, 1.165) is 28.8 Å². The lowest BCUT2D eigenvalue weighted by molar-refractivity contribution is -0.146. The summed E-state index contributed by atoms with van der Waals surface area (Å²) in [6.07, 6.45) is 4.25. The third-order valence-corrected chi connectivity index (χ3v) is 5.19. The minimum atomic E-state index is -1.07. The number of nitrogens with one attached hydrogen (secondary N) is 1. The average Bonchev–Trinajstić information content (AvgIpc) is 3.11. The van der Waals surface area contributed by atoms with Crippen LogP contribution in [0.25, 0.3) is 0 Å². The highest BCUT2D eigenvalue weighted by atomic mass is 19.2. The van der Waals surface area contributed by atoms with Gasteiger partial charge in [0.15, 0.2) is 11.6 Å². The van der Waals surface area contributed by atoms with Crippen LogP contribution in [0.3, 0.4) is 0 Å². The summed E-state index contributed by atoms with van der Waals surface area (Å²) in [7, 11) is 0. The Labute approximate surface area is 174 Å². The van der Waals surface area contributed by atoms with Gasteiger partial charge in [0, 0.05) is 11.6 Å². The van der Waals surface area contributed by atoms with Crippen molar-refractivity contribution in [1.82, 2.24) is 5.32 Å². The van der Waals surface area contributed by atoms with Crippen LogP contribution in [0.5, 0.6) is 0 Å². The van der Waals surface area contributed by atoms with Crippen LogP contribution in [0, 0.1) is 31.4 Å². The number of rotatable bonds is 6. The molecule has 0 heterocycles. The van der Waals surface area contributed by atoms with Gasteiger partial charge < -0.3 is 10.1 Å². The van der Waals surface area contributed by atoms with Crippen LogP contribution in [0.1, 0.15) is 46.3 Å². The lowest BCUT2D eigenvalue weighted by atomic mass is 9.84. The highest BCUT2D eigenvalue weighted by Crippen LogP contribution is 2.35. The molecule has 0 fully saturated rings. The summed E-state index contributed by atoms with van der Waals surface area (Å²) in [5, 5.41) is 2.80. The fourth-order valence-corrected chi connectivity index (χ4v) is 3.95. The van der Waals surface area contributed by atoms with E-state index in [0.29, 0.717) is 6.42 Å². The highest BCUT2D eigenvalue weighted by molar-refractivity contribution is 5.94. The van der Waals surface area contributed by atoms with E-state index < -0.39 is 23.5 Å². The minimum Gasteiger partial charge on any atom is -0.466 e. The number of carbonyl (C=O) groups excluding carboxylic acids is 2. The number of benzene rings is 2. The van der Waals surface area contributed by atoms with E-state index in [-0.39, 0.29) is 30.1 Å². The number of halogens is 2. The summed E-state index contributed by atoms with van der Waals surface area (Å²) >= 11 is 0. The van der Waals surface area contributed by atoms with Gasteiger partial charge in [0.25, 0.3) is 5.91 Å². The number of aryl methyl sites for hydroxylation is 2. The number of ether oxygens (including phenoxy) is 1. The Balaban J connectivity index is 1.76. The van der Waals surface area contributed by atoms with E-state index in [1.807, 2.05) is 44.2 Å². The second-order valence-corrected chi connectivity index (χ2v) is 7.64. The number of allylic oxidation sites excluding steroid dienone is 1. The van der Waals surface area contributed by atoms with E-state index in [1.165, 1.54) is 6.07 Å². The van der Waals surface area contributed by atoms with Crippen molar-refractivity contribution in [3.05, 3.63) is 82.4 Å². The van der Waals surface area contributed by atoms with E-state index in [2.05, 4.69) is 5.32 Å². The quantitative estimate of drug-likeness (QED) is 0.556. The van der Waals surface area contributed by atoms with Gasteiger partial charge in [0.2, 0.25) is 0 Å². The molecule has 6 heteroatoms. The molecular formula is C24H25F2NO3. The maximum absolute atomic E-state index is 13.4. The van der Waals surface area contributed by atoms with E-state index >= 15 is 0 Å². The molecule has 158 valence electrons. The third-order valence-electron chi connectivity index (χ3n) is 5.19. The maximum atomic E-state index is 13.4. The molecule has 0 bridgehead atoms. The summed E-state index contributed by atoms with van der Waals surface area (Å²) < 4.78 is 31.8. The molecule has 0 saturated heterocycles. The molecular weight excluding hydrogens is 388 g/mol. The van der Waals surface area contributed by atoms with Crippen LogP contribution in [-0.2, 0) is 9.53 Å². The summed E-state index contributed by atoms with van der Waals surface area (Å²) in [4.78, 5) is 25.2. The zero-order valence-electron chi connectivity index (χ0n) is 17.2. The molecule has 1 amide bonds. The topological polar surface area (TPSA) is 55.4 Å². The molecule has 0 spiro atoms. The molecule has 0 aliphatic heterocycles. The van der Waals surface area contributed by atoms with Crippen LogP contribution < -0.4 is 5.32 Å². The first-order valence-electron chi connectivity index (χ1n) is 9.97. The Bertz CT molecular complexity index is 966. The molecule has 2 aromatic rings. The molecule has 0 unspecified atom stereocenters. The van der Waals surface area contributed by atoms with Crippen molar-refractivity contribution < 1.29 is 23.1 Å². The number of carbonyl (C=O) groups is 2. The van der Waals surface area contributed by atoms with Crippen molar-refractivity contribution in [3.63, 3.8) is 0 Å². The van der Waals surface area contributed by atoms with Crippen molar-refractivity contribution in [1.29, 1.82) is 0 Å². The third kappa shape index (κ3) is 4.93. The Kier molecular flexibility index (Phi) is 6.65. The average molecular weight is 413 g/mol. The SMILES string of the molecule is CCOC(=O)[C@H](c1cc(C)cc(C)c1)[C@@H]1C=C[C@H](NC(=O)c2ccc(F)c(F)c2)C1. The molecule has 30 heavy (non-hydrogen) atoms. The molecule has 0 saturated carbocycles. The lowest BCUT2D eigenvalue weighted by Crippen LogP contribution is -2.34. The van der Waals surface area contributed by atoms with Gasteiger partial charge in [-0.25, -0.2) is 8.78 Å². The Morgan fingerprint density at radius 1 is 1.07 bits per heavy atom. The standard InChI is InChI=1S/C24H25F2NO3/c1-4-30-24(29)22(18-10-14(2)9-15(3)11-18)16-5-7-19(12-16)27-23(28)17-6-8-20(25)21(26)13-17/h5-11,13,16,19,22H,4,12H2,1-3H3,(H,27,28)/t16-,19+,22+/m1/s1. The van der Waals surface area contributed by atoms with Gasteiger partial charge in [-0.2, -0.15) is 0 Å². The predicted octanol–water partition coefficient (Wildman–Crippen LogP) is 4.60. The number of amides is 1. The first-order valence-corrected chi connectivity index (χ1v) is 9.97. The zero-order valence-corrected chi connectivity index (χ0v) is 17.2. The fourth-order valence-electron chi connectivity index (χ4n) is 3.95. The summed E-state index contributed by atoms with van der Waals surface area (Å²) in [5.41, 5.74) is 3.05. The molecule has 1 N–H and O–H groups in total. The second-order valence-electron chi connectivity index (χ2n) is 7.64. The van der Waals surface area contributed by atoms with Gasteiger partial charge in [-0.05, 0) is 56.9 Å². The predicted molar refractivity (Wildman–Crippen MR) is 110 cm³/mol. The van der Waals surface area contributed by atoms with E-state index in [1.54, 1.807) is 6.92 Å². The highest BCUT2D eigenvalue weighted by Gasteiger charge is 2.34.